The molecular weight excluding hydrogens is 404 g/mol. The van der Waals surface area contributed by atoms with Crippen molar-refractivity contribution >= 4 is 33.6 Å². The van der Waals surface area contributed by atoms with Gasteiger partial charge in [0, 0.05) is 42.9 Å². The number of likely N-dealkylation sites (tertiary alicyclic amines) is 1. The van der Waals surface area contributed by atoms with E-state index in [1.807, 2.05) is 0 Å². The number of carboxylic acid groups (broad SMARTS) is 2. The number of benzene rings is 1. The maximum absolute atomic E-state index is 9.55. The standard InChI is InChI=1S/C14H19BrN2O.C4H4O4/c1-14-5-6-16(2)13(14)17(3)11-8-12(18-4)10(15)7-9(11)14;5-3(6)1-2-4(7)8/h7-8,13H,5-6H2,1-4H3;1-2H,(H,5,6)(H,7,8)/b;2-1-. The van der Waals surface area contributed by atoms with Crippen molar-refractivity contribution in [3.63, 3.8) is 0 Å². The Morgan fingerprint density at radius 1 is 1.27 bits per heavy atom. The summed E-state index contributed by atoms with van der Waals surface area (Å²) in [6, 6.07) is 4.39. The van der Waals surface area contributed by atoms with E-state index in [1.165, 1.54) is 17.7 Å². The Hall–Kier alpha value is -2.06. The SMILES string of the molecule is COc1cc2c(cc1Br)C1(C)CCN(C)C1N2C.O=C(O)/C=C\C(=O)O. The van der Waals surface area contributed by atoms with Crippen molar-refractivity contribution in [3.8, 4) is 5.75 Å². The Labute approximate surface area is 161 Å². The van der Waals surface area contributed by atoms with Crippen LogP contribution in [0.25, 0.3) is 0 Å². The van der Waals surface area contributed by atoms with Gasteiger partial charge in [0.1, 0.15) is 5.75 Å². The van der Waals surface area contributed by atoms with E-state index in [1.54, 1.807) is 7.11 Å². The van der Waals surface area contributed by atoms with Crippen molar-refractivity contribution in [2.75, 3.05) is 32.6 Å². The van der Waals surface area contributed by atoms with Crippen molar-refractivity contribution in [2.45, 2.75) is 24.9 Å². The van der Waals surface area contributed by atoms with Crippen molar-refractivity contribution in [3.05, 3.63) is 34.3 Å². The average Bonchev–Trinajstić information content (AvgIpc) is 2.98. The maximum Gasteiger partial charge on any atom is 0.328 e. The van der Waals surface area contributed by atoms with Crippen LogP contribution in [0.4, 0.5) is 5.69 Å². The molecule has 0 spiro atoms. The molecule has 7 nitrogen and oxygen atoms in total. The second kappa shape index (κ2) is 7.67. The number of methoxy groups -OCH3 is 1. The summed E-state index contributed by atoms with van der Waals surface area (Å²) in [7, 11) is 6.12. The Balaban J connectivity index is 0.000000260. The van der Waals surface area contributed by atoms with Crippen molar-refractivity contribution in [2.24, 2.45) is 0 Å². The molecule has 2 atom stereocenters. The third-order valence-electron chi connectivity index (χ3n) is 4.97. The summed E-state index contributed by atoms with van der Waals surface area (Å²) >= 11 is 3.61. The number of nitrogens with zero attached hydrogens (tertiary/aromatic N) is 2. The van der Waals surface area contributed by atoms with Crippen molar-refractivity contribution < 1.29 is 24.5 Å². The molecule has 1 aromatic rings. The van der Waals surface area contributed by atoms with Gasteiger partial charge < -0.3 is 19.8 Å². The van der Waals surface area contributed by atoms with Crippen LogP contribution in [0, 0.1) is 0 Å². The molecule has 2 heterocycles. The predicted molar refractivity (Wildman–Crippen MR) is 102 cm³/mol. The van der Waals surface area contributed by atoms with Crippen LogP contribution in [-0.4, -0.2) is 61.0 Å². The lowest BCUT2D eigenvalue weighted by Crippen LogP contribution is -2.45. The summed E-state index contributed by atoms with van der Waals surface area (Å²) in [6.45, 7) is 3.54. The lowest BCUT2D eigenvalue weighted by Gasteiger charge is -2.32. The molecule has 2 aliphatic rings. The van der Waals surface area contributed by atoms with E-state index in [2.05, 4.69) is 58.9 Å². The number of hydrogen-bond acceptors (Lipinski definition) is 5. The minimum absolute atomic E-state index is 0.230. The van der Waals surface area contributed by atoms with Crippen molar-refractivity contribution in [1.29, 1.82) is 0 Å². The molecule has 0 amide bonds. The fourth-order valence-electron chi connectivity index (χ4n) is 3.87. The number of hydrogen-bond donors (Lipinski definition) is 2. The van der Waals surface area contributed by atoms with E-state index in [0.717, 1.165) is 16.8 Å². The fraction of sp³-hybridized carbons (Fsp3) is 0.444. The Morgan fingerprint density at radius 2 is 1.85 bits per heavy atom. The normalized spacial score (nSPS) is 24.0. The van der Waals surface area contributed by atoms with Crippen LogP contribution < -0.4 is 9.64 Å². The van der Waals surface area contributed by atoms with Crippen LogP contribution in [0.1, 0.15) is 18.9 Å². The smallest absolute Gasteiger partial charge is 0.328 e. The predicted octanol–water partition coefficient (Wildman–Crippen LogP) is 2.54. The molecule has 0 bridgehead atoms. The number of halogens is 1. The van der Waals surface area contributed by atoms with E-state index in [-0.39, 0.29) is 5.41 Å². The zero-order valence-electron chi connectivity index (χ0n) is 15.2. The minimum Gasteiger partial charge on any atom is -0.495 e. The molecule has 1 fully saturated rings. The highest BCUT2D eigenvalue weighted by molar-refractivity contribution is 9.10. The zero-order valence-corrected chi connectivity index (χ0v) is 16.8. The highest BCUT2D eigenvalue weighted by atomic mass is 79.9. The molecule has 3 rings (SSSR count). The van der Waals surface area contributed by atoms with E-state index >= 15 is 0 Å². The minimum atomic E-state index is -1.26. The van der Waals surface area contributed by atoms with Gasteiger partial charge in [-0.2, -0.15) is 0 Å². The summed E-state index contributed by atoms with van der Waals surface area (Å²) in [5.74, 6) is -1.60. The highest BCUT2D eigenvalue weighted by Gasteiger charge is 2.52. The summed E-state index contributed by atoms with van der Waals surface area (Å²) < 4.78 is 6.46. The Bertz CT molecular complexity index is 735. The number of anilines is 1. The van der Waals surface area contributed by atoms with Gasteiger partial charge >= 0.3 is 11.9 Å². The molecule has 0 aliphatic carbocycles. The number of fused-ring (bicyclic) bond motifs is 3. The number of ether oxygens (including phenoxy) is 1. The second-order valence-electron chi connectivity index (χ2n) is 6.65. The van der Waals surface area contributed by atoms with E-state index in [9.17, 15) is 9.59 Å². The van der Waals surface area contributed by atoms with Gasteiger partial charge in [0.2, 0.25) is 0 Å². The summed E-state index contributed by atoms with van der Waals surface area (Å²) in [4.78, 5) is 23.9. The number of aliphatic carboxylic acids is 2. The lowest BCUT2D eigenvalue weighted by atomic mass is 9.81. The van der Waals surface area contributed by atoms with E-state index in [0.29, 0.717) is 18.3 Å². The monoisotopic (exact) mass is 426 g/mol. The van der Waals surface area contributed by atoms with Crippen LogP contribution in [0.2, 0.25) is 0 Å². The third-order valence-corrected chi connectivity index (χ3v) is 5.59. The molecule has 2 aliphatic heterocycles. The number of likely N-dealkylation sites (N-methyl/N-ethyl adjacent to an activating group) is 2. The van der Waals surface area contributed by atoms with E-state index in [4.69, 9.17) is 14.9 Å². The maximum atomic E-state index is 9.55. The fourth-order valence-corrected chi connectivity index (χ4v) is 4.37. The number of carboxylic acids is 2. The number of rotatable bonds is 3. The first-order chi connectivity index (χ1) is 12.1. The Morgan fingerprint density at radius 3 is 2.35 bits per heavy atom. The van der Waals surface area contributed by atoms with Crippen LogP contribution in [0.15, 0.2) is 28.8 Å². The molecule has 8 heteroatoms. The first-order valence-electron chi connectivity index (χ1n) is 8.07. The van der Waals surface area contributed by atoms with Gasteiger partial charge in [0.05, 0.1) is 17.7 Å². The van der Waals surface area contributed by atoms with Crippen LogP contribution in [-0.2, 0) is 15.0 Å². The molecule has 0 aromatic heterocycles. The second-order valence-corrected chi connectivity index (χ2v) is 7.50. The van der Waals surface area contributed by atoms with Gasteiger partial charge in [0.25, 0.3) is 0 Å². The topological polar surface area (TPSA) is 90.3 Å². The average molecular weight is 427 g/mol. The van der Waals surface area contributed by atoms with Gasteiger partial charge in [0.15, 0.2) is 0 Å². The lowest BCUT2D eigenvalue weighted by molar-refractivity contribution is -0.134. The first-order valence-corrected chi connectivity index (χ1v) is 8.86. The molecule has 1 saturated heterocycles. The van der Waals surface area contributed by atoms with Gasteiger partial charge in [-0.1, -0.05) is 6.92 Å². The highest BCUT2D eigenvalue weighted by Crippen LogP contribution is 2.52. The molecule has 0 radical (unpaired) electrons. The van der Waals surface area contributed by atoms with Gasteiger partial charge in [-0.05, 0) is 41.0 Å². The van der Waals surface area contributed by atoms with Gasteiger partial charge in [-0.15, -0.1) is 0 Å². The molecule has 142 valence electrons. The molecule has 26 heavy (non-hydrogen) atoms. The molecule has 0 saturated carbocycles. The summed E-state index contributed by atoms with van der Waals surface area (Å²) in [5, 5.41) is 15.6. The van der Waals surface area contributed by atoms with Crippen molar-refractivity contribution in [1.82, 2.24) is 4.90 Å². The molecule has 2 N–H and O–H groups in total. The summed E-state index contributed by atoms with van der Waals surface area (Å²) in [6.07, 6.45) is 2.79. The van der Waals surface area contributed by atoms with Gasteiger partial charge in [-0.3, -0.25) is 4.90 Å². The Kier molecular flexibility index (Phi) is 5.98. The van der Waals surface area contributed by atoms with Crippen LogP contribution in [0.3, 0.4) is 0 Å². The molecule has 2 unspecified atom stereocenters. The van der Waals surface area contributed by atoms with Crippen LogP contribution in [0.5, 0.6) is 5.75 Å². The first kappa shape index (κ1) is 20.3. The third kappa shape index (κ3) is 3.71. The van der Waals surface area contributed by atoms with E-state index < -0.39 is 11.9 Å². The number of carbonyl (C=O) groups is 2. The van der Waals surface area contributed by atoms with Crippen LogP contribution >= 0.6 is 15.9 Å². The zero-order chi connectivity index (χ0) is 19.6. The molecular formula is C18H23BrN2O5. The van der Waals surface area contributed by atoms with Gasteiger partial charge in [-0.25, -0.2) is 9.59 Å². The largest absolute Gasteiger partial charge is 0.495 e. The molecule has 1 aromatic carbocycles. The quantitative estimate of drug-likeness (QED) is 0.717. The summed E-state index contributed by atoms with van der Waals surface area (Å²) in [5.41, 5.74) is 2.97.